The summed E-state index contributed by atoms with van der Waals surface area (Å²) in [5.41, 5.74) is 0.605. The van der Waals surface area contributed by atoms with E-state index in [1.165, 1.54) is 0 Å². The lowest BCUT2D eigenvalue weighted by Gasteiger charge is -2.33. The minimum absolute atomic E-state index is 0.0307. The Morgan fingerprint density at radius 1 is 1.40 bits per heavy atom. The van der Waals surface area contributed by atoms with Crippen LogP contribution in [0.1, 0.15) is 53.1 Å². The predicted octanol–water partition coefficient (Wildman–Crippen LogP) is 2.65. The molecule has 3 heterocycles. The summed E-state index contributed by atoms with van der Waals surface area (Å²) < 4.78 is 10.5. The third-order valence-corrected chi connectivity index (χ3v) is 3.68. The maximum absolute atomic E-state index is 12.6. The van der Waals surface area contributed by atoms with Crippen LogP contribution >= 0.6 is 0 Å². The Balaban J connectivity index is 1.89. The molecule has 1 unspecified atom stereocenters. The Kier molecular flexibility index (Phi) is 3.30. The van der Waals surface area contributed by atoms with E-state index in [1.807, 2.05) is 4.90 Å². The summed E-state index contributed by atoms with van der Waals surface area (Å²) >= 11 is 0. The minimum atomic E-state index is -0.133. The van der Waals surface area contributed by atoms with E-state index in [0.29, 0.717) is 29.6 Å². The van der Waals surface area contributed by atoms with Gasteiger partial charge in [0, 0.05) is 6.54 Å². The van der Waals surface area contributed by atoms with Crippen LogP contribution in [0.15, 0.2) is 21.3 Å². The zero-order chi connectivity index (χ0) is 14.1. The summed E-state index contributed by atoms with van der Waals surface area (Å²) in [4.78, 5) is 18.7. The minimum Gasteiger partial charge on any atom is -0.469 e. The quantitative estimate of drug-likeness (QED) is 0.842. The van der Waals surface area contributed by atoms with Gasteiger partial charge in [-0.3, -0.25) is 4.79 Å². The first-order chi connectivity index (χ1) is 9.66. The van der Waals surface area contributed by atoms with Gasteiger partial charge >= 0.3 is 0 Å². The molecule has 6 nitrogen and oxygen atoms in total. The Hall–Kier alpha value is -2.11. The van der Waals surface area contributed by atoms with Crippen molar-refractivity contribution in [3.8, 4) is 0 Å². The normalized spacial score (nSPS) is 19.3. The van der Waals surface area contributed by atoms with Gasteiger partial charge in [0.25, 0.3) is 5.91 Å². The van der Waals surface area contributed by atoms with E-state index in [-0.39, 0.29) is 11.9 Å². The van der Waals surface area contributed by atoms with Gasteiger partial charge in [0.15, 0.2) is 5.82 Å². The Bertz CT molecular complexity index is 617. The SMILES string of the molecule is Cc1noc(C2CCCCN2C(=O)c2ccoc2C)n1. The maximum atomic E-state index is 12.6. The molecule has 0 aromatic carbocycles. The summed E-state index contributed by atoms with van der Waals surface area (Å²) in [5.74, 6) is 1.73. The standard InChI is InChI=1S/C14H17N3O3/c1-9-11(6-8-19-9)14(18)17-7-4-3-5-12(17)13-15-10(2)16-20-13/h6,8,12H,3-5,7H2,1-2H3. The van der Waals surface area contributed by atoms with E-state index in [0.717, 1.165) is 19.3 Å². The predicted molar refractivity (Wildman–Crippen MR) is 70.1 cm³/mol. The van der Waals surface area contributed by atoms with Crippen LogP contribution in [0, 0.1) is 13.8 Å². The Labute approximate surface area is 116 Å². The number of hydrogen-bond acceptors (Lipinski definition) is 5. The number of aromatic nitrogens is 2. The lowest BCUT2D eigenvalue weighted by molar-refractivity contribution is 0.0559. The van der Waals surface area contributed by atoms with E-state index in [9.17, 15) is 4.79 Å². The third-order valence-electron chi connectivity index (χ3n) is 3.68. The van der Waals surface area contributed by atoms with E-state index in [4.69, 9.17) is 8.94 Å². The number of hydrogen-bond donors (Lipinski definition) is 0. The summed E-state index contributed by atoms with van der Waals surface area (Å²) in [6.45, 7) is 4.28. The van der Waals surface area contributed by atoms with Gasteiger partial charge in [-0.1, -0.05) is 5.16 Å². The van der Waals surface area contributed by atoms with Crippen LogP contribution in [0.5, 0.6) is 0 Å². The number of likely N-dealkylation sites (tertiary alicyclic amines) is 1. The molecule has 1 aliphatic rings. The van der Waals surface area contributed by atoms with Crippen molar-refractivity contribution in [2.75, 3.05) is 6.54 Å². The van der Waals surface area contributed by atoms with Crippen molar-refractivity contribution in [2.45, 2.75) is 39.2 Å². The first-order valence-electron chi connectivity index (χ1n) is 6.82. The molecular weight excluding hydrogens is 258 g/mol. The van der Waals surface area contributed by atoms with Crippen molar-refractivity contribution in [1.82, 2.24) is 15.0 Å². The van der Waals surface area contributed by atoms with Crippen molar-refractivity contribution in [1.29, 1.82) is 0 Å². The second-order valence-corrected chi connectivity index (χ2v) is 5.08. The molecule has 1 amide bonds. The van der Waals surface area contributed by atoms with Crippen LogP contribution in [0.3, 0.4) is 0 Å². The molecule has 0 bridgehead atoms. The highest BCUT2D eigenvalue weighted by atomic mass is 16.5. The molecule has 1 saturated heterocycles. The van der Waals surface area contributed by atoms with Gasteiger partial charge in [0.05, 0.1) is 11.8 Å². The summed E-state index contributed by atoms with van der Waals surface area (Å²) in [7, 11) is 0. The average molecular weight is 275 g/mol. The number of carbonyl (C=O) groups is 1. The third kappa shape index (κ3) is 2.21. The first kappa shape index (κ1) is 12.9. The summed E-state index contributed by atoms with van der Waals surface area (Å²) in [5, 5.41) is 3.82. The molecule has 0 spiro atoms. The van der Waals surface area contributed by atoms with Gasteiger partial charge in [-0.15, -0.1) is 0 Å². The molecule has 0 saturated carbocycles. The molecule has 2 aromatic heterocycles. The molecule has 1 aliphatic heterocycles. The molecule has 0 aliphatic carbocycles. The topological polar surface area (TPSA) is 72.4 Å². The zero-order valence-electron chi connectivity index (χ0n) is 11.6. The van der Waals surface area contributed by atoms with E-state index < -0.39 is 0 Å². The van der Waals surface area contributed by atoms with Gasteiger partial charge in [0.1, 0.15) is 11.8 Å². The molecule has 6 heteroatoms. The van der Waals surface area contributed by atoms with E-state index >= 15 is 0 Å². The maximum Gasteiger partial charge on any atom is 0.258 e. The van der Waals surface area contributed by atoms with Gasteiger partial charge in [-0.2, -0.15) is 4.98 Å². The van der Waals surface area contributed by atoms with Gasteiger partial charge in [-0.25, -0.2) is 0 Å². The Morgan fingerprint density at radius 3 is 2.90 bits per heavy atom. The van der Waals surface area contributed by atoms with Crippen molar-refractivity contribution in [2.24, 2.45) is 0 Å². The van der Waals surface area contributed by atoms with Crippen molar-refractivity contribution in [3.63, 3.8) is 0 Å². The number of piperidine rings is 1. The van der Waals surface area contributed by atoms with E-state index in [1.54, 1.807) is 26.2 Å². The van der Waals surface area contributed by atoms with Gasteiger partial charge in [-0.05, 0) is 39.2 Å². The summed E-state index contributed by atoms with van der Waals surface area (Å²) in [6.07, 6.45) is 4.44. The van der Waals surface area contributed by atoms with Crippen LogP contribution < -0.4 is 0 Å². The molecule has 1 fully saturated rings. The highest BCUT2D eigenvalue weighted by Gasteiger charge is 2.33. The number of aryl methyl sites for hydroxylation is 2. The van der Waals surface area contributed by atoms with Crippen LogP contribution in [-0.4, -0.2) is 27.5 Å². The fourth-order valence-electron chi connectivity index (χ4n) is 2.64. The average Bonchev–Trinajstić information content (AvgIpc) is 3.07. The van der Waals surface area contributed by atoms with Crippen LogP contribution in [0.4, 0.5) is 0 Å². The summed E-state index contributed by atoms with van der Waals surface area (Å²) in [6, 6.07) is 1.58. The lowest BCUT2D eigenvalue weighted by atomic mass is 10.0. The number of carbonyl (C=O) groups excluding carboxylic acids is 1. The second kappa shape index (κ2) is 5.11. The van der Waals surface area contributed by atoms with Crippen molar-refractivity contribution < 1.29 is 13.7 Å². The molecule has 0 radical (unpaired) electrons. The molecule has 20 heavy (non-hydrogen) atoms. The van der Waals surface area contributed by atoms with Crippen molar-refractivity contribution in [3.05, 3.63) is 35.4 Å². The zero-order valence-corrected chi connectivity index (χ0v) is 11.6. The van der Waals surface area contributed by atoms with Gasteiger partial charge < -0.3 is 13.8 Å². The smallest absolute Gasteiger partial charge is 0.258 e. The highest BCUT2D eigenvalue weighted by molar-refractivity contribution is 5.95. The largest absolute Gasteiger partial charge is 0.469 e. The number of furan rings is 1. The molecule has 0 N–H and O–H groups in total. The molecule has 3 rings (SSSR count). The fraction of sp³-hybridized carbons (Fsp3) is 0.500. The molecular formula is C14H17N3O3. The fourth-order valence-corrected chi connectivity index (χ4v) is 2.64. The van der Waals surface area contributed by atoms with Crippen LogP contribution in [-0.2, 0) is 0 Å². The first-order valence-corrected chi connectivity index (χ1v) is 6.82. The molecule has 1 atom stereocenters. The lowest BCUT2D eigenvalue weighted by Crippen LogP contribution is -2.38. The van der Waals surface area contributed by atoms with E-state index in [2.05, 4.69) is 10.1 Å². The van der Waals surface area contributed by atoms with Gasteiger partial charge in [0.2, 0.25) is 5.89 Å². The number of nitrogens with zero attached hydrogens (tertiary/aromatic N) is 3. The number of rotatable bonds is 2. The molecule has 106 valence electrons. The number of amides is 1. The van der Waals surface area contributed by atoms with Crippen LogP contribution in [0.2, 0.25) is 0 Å². The second-order valence-electron chi connectivity index (χ2n) is 5.08. The van der Waals surface area contributed by atoms with Crippen LogP contribution in [0.25, 0.3) is 0 Å². The van der Waals surface area contributed by atoms with Crippen molar-refractivity contribution >= 4 is 5.91 Å². The Morgan fingerprint density at radius 2 is 2.25 bits per heavy atom. The highest BCUT2D eigenvalue weighted by Crippen LogP contribution is 2.31. The monoisotopic (exact) mass is 275 g/mol. The molecule has 2 aromatic rings.